The Hall–Kier alpha value is -5.89. The van der Waals surface area contributed by atoms with Crippen molar-refractivity contribution in [3.63, 3.8) is 0 Å². The number of carbonyl (C=O) groups excluding carboxylic acids is 3. The van der Waals surface area contributed by atoms with Gasteiger partial charge in [-0.25, -0.2) is 19.6 Å². The highest BCUT2D eigenvalue weighted by atomic mass is 35.5. The molecule has 4 amide bonds. The summed E-state index contributed by atoms with van der Waals surface area (Å²) in [5.41, 5.74) is 5.31. The quantitative estimate of drug-likeness (QED) is 0.102. The summed E-state index contributed by atoms with van der Waals surface area (Å²) in [6, 6.07) is 18.5. The number of aromatic amines is 2. The molecule has 4 N–H and O–H groups in total. The van der Waals surface area contributed by atoms with Gasteiger partial charge in [0, 0.05) is 31.3 Å². The molecular formula is C46H55ClN8O6. The minimum atomic E-state index is -1.13. The summed E-state index contributed by atoms with van der Waals surface area (Å²) in [7, 11) is 2.73. The van der Waals surface area contributed by atoms with Crippen LogP contribution in [-0.2, 0) is 14.3 Å². The van der Waals surface area contributed by atoms with Crippen molar-refractivity contribution in [1.29, 1.82) is 0 Å². The zero-order chi connectivity index (χ0) is 43.9. The first kappa shape index (κ1) is 43.2. The van der Waals surface area contributed by atoms with Crippen LogP contribution in [0.4, 0.5) is 9.59 Å². The molecular weight excluding hydrogens is 796 g/mol. The molecule has 5 aromatic rings. The monoisotopic (exact) mass is 850 g/mol. The molecule has 0 unspecified atom stereocenters. The molecule has 14 nitrogen and oxygen atoms in total. The predicted octanol–water partition coefficient (Wildman–Crippen LogP) is 8.77. The molecule has 3 aromatic carbocycles. The number of likely N-dealkylation sites (N-methyl/N-ethyl adjacent to an activating group) is 1. The number of hydrogen-bond donors (Lipinski definition) is 4. The maximum Gasteiger partial charge on any atom is 0.407 e. The van der Waals surface area contributed by atoms with E-state index in [2.05, 4.69) is 65.5 Å². The van der Waals surface area contributed by atoms with Gasteiger partial charge in [-0.1, -0.05) is 102 Å². The minimum Gasteiger partial charge on any atom is -0.465 e. The van der Waals surface area contributed by atoms with Crippen LogP contribution >= 0.6 is 11.6 Å². The molecule has 322 valence electrons. The van der Waals surface area contributed by atoms with Crippen LogP contribution in [-0.4, -0.2) is 103 Å². The number of alkyl carbamates (subject to hydrolysis) is 1. The van der Waals surface area contributed by atoms with Gasteiger partial charge in [-0.05, 0) is 70.5 Å². The lowest BCUT2D eigenvalue weighted by Gasteiger charge is -2.33. The van der Waals surface area contributed by atoms with Crippen LogP contribution in [0.3, 0.4) is 0 Å². The third-order valence-electron chi connectivity index (χ3n) is 12.1. The van der Waals surface area contributed by atoms with Gasteiger partial charge in [-0.15, -0.1) is 0 Å². The number of nitrogens with zero attached hydrogens (tertiary/aromatic N) is 5. The number of amides is 4. The van der Waals surface area contributed by atoms with Gasteiger partial charge in [0.1, 0.15) is 34.6 Å². The van der Waals surface area contributed by atoms with Gasteiger partial charge >= 0.3 is 12.2 Å². The van der Waals surface area contributed by atoms with Gasteiger partial charge in [0.15, 0.2) is 0 Å². The van der Waals surface area contributed by atoms with Gasteiger partial charge in [0.25, 0.3) is 0 Å². The van der Waals surface area contributed by atoms with Gasteiger partial charge in [0.05, 0.1) is 31.1 Å². The molecule has 2 saturated heterocycles. The topological polar surface area (TPSA) is 177 Å². The molecule has 7 rings (SSSR count). The van der Waals surface area contributed by atoms with Crippen LogP contribution in [0.25, 0.3) is 44.4 Å². The second kappa shape index (κ2) is 17.6. The number of carboxylic acid groups (broad SMARTS) is 1. The molecule has 6 atom stereocenters. The lowest BCUT2D eigenvalue weighted by Crippen LogP contribution is -2.51. The number of benzene rings is 3. The van der Waals surface area contributed by atoms with E-state index in [-0.39, 0.29) is 47.6 Å². The summed E-state index contributed by atoms with van der Waals surface area (Å²) in [6.45, 7) is 12.8. The Morgan fingerprint density at radius 3 is 1.95 bits per heavy atom. The highest BCUT2D eigenvalue weighted by molar-refractivity contribution is 6.32. The third-order valence-corrected chi connectivity index (χ3v) is 12.4. The Kier molecular flexibility index (Phi) is 12.5. The van der Waals surface area contributed by atoms with Crippen molar-refractivity contribution in [2.45, 2.75) is 78.6 Å². The first-order valence-corrected chi connectivity index (χ1v) is 21.3. The number of rotatable bonds is 11. The van der Waals surface area contributed by atoms with Crippen LogP contribution in [0, 0.1) is 23.7 Å². The lowest BCUT2D eigenvalue weighted by atomic mass is 9.98. The number of hydrogen-bond acceptors (Lipinski definition) is 7. The Bertz CT molecular complexity index is 2430. The number of imidazole rings is 2. The van der Waals surface area contributed by atoms with Gasteiger partial charge in [-0.3, -0.25) is 14.5 Å². The Morgan fingerprint density at radius 1 is 0.803 bits per heavy atom. The Balaban J connectivity index is 1.06. The second-order valence-electron chi connectivity index (χ2n) is 17.5. The summed E-state index contributed by atoms with van der Waals surface area (Å²) in [5, 5.41) is 14.9. The van der Waals surface area contributed by atoms with Crippen molar-refractivity contribution < 1.29 is 29.0 Å². The molecule has 0 aliphatic carbocycles. The first-order chi connectivity index (χ1) is 29.0. The summed E-state index contributed by atoms with van der Waals surface area (Å²) >= 11 is 6.77. The summed E-state index contributed by atoms with van der Waals surface area (Å²) < 4.78 is 4.78. The number of ether oxygens (including phenoxy) is 1. The van der Waals surface area contributed by atoms with E-state index >= 15 is 0 Å². The van der Waals surface area contributed by atoms with Crippen molar-refractivity contribution in [2.24, 2.45) is 23.7 Å². The molecule has 2 aromatic heterocycles. The van der Waals surface area contributed by atoms with Gasteiger partial charge < -0.3 is 34.9 Å². The molecule has 15 heteroatoms. The first-order valence-electron chi connectivity index (χ1n) is 20.9. The van der Waals surface area contributed by atoms with E-state index in [4.69, 9.17) is 26.3 Å². The number of H-pyrrole nitrogens is 2. The van der Waals surface area contributed by atoms with Gasteiger partial charge in [0.2, 0.25) is 11.8 Å². The van der Waals surface area contributed by atoms with Crippen LogP contribution in [0.1, 0.15) is 78.1 Å². The highest BCUT2D eigenvalue weighted by Gasteiger charge is 2.42. The fraction of sp³-hybridized carbons (Fsp3) is 0.435. The molecule has 61 heavy (non-hydrogen) atoms. The average Bonchev–Trinajstić information content (AvgIpc) is 4.05. The van der Waals surface area contributed by atoms with E-state index in [0.29, 0.717) is 42.0 Å². The average molecular weight is 851 g/mol. The molecule has 0 radical (unpaired) electrons. The van der Waals surface area contributed by atoms with Crippen molar-refractivity contribution in [3.05, 3.63) is 83.7 Å². The molecule has 2 aliphatic rings. The third kappa shape index (κ3) is 8.81. The standard InChI is InChI=1S/C46H55ClN8O6/c1-24(2)37(51-45(58)61-8)43(56)54-22-27(6)18-36(54)42-50-38(40(47)52-42)29-11-9-28(10-12-29)30-13-14-32-20-33(16-15-31(32)19-30)34-21-48-41(49-34)35-17-26(5)23-55(35)44(57)39(25(3)4)53(7)46(59)60/h9-16,19-21,24-27,35-37,39H,17-18,22-23H2,1-8H3,(H,48,49)(H,50,52)(H,51,58)(H,59,60)/t26-,27-,35-,36-,37-,39-/m0/s1. The summed E-state index contributed by atoms with van der Waals surface area (Å²) in [5.74, 6) is 1.05. The van der Waals surface area contributed by atoms with Crippen molar-refractivity contribution in [3.8, 4) is 33.6 Å². The van der Waals surface area contributed by atoms with E-state index in [1.165, 1.54) is 14.2 Å². The van der Waals surface area contributed by atoms with Crippen molar-refractivity contribution in [2.75, 3.05) is 27.2 Å². The number of aromatic nitrogens is 4. The van der Waals surface area contributed by atoms with Crippen LogP contribution in [0.2, 0.25) is 5.15 Å². The van der Waals surface area contributed by atoms with Crippen molar-refractivity contribution >= 4 is 46.4 Å². The predicted molar refractivity (Wildman–Crippen MR) is 235 cm³/mol. The number of halogens is 1. The normalized spacial score (nSPS) is 20.0. The van der Waals surface area contributed by atoms with Crippen molar-refractivity contribution in [1.82, 2.24) is 40.0 Å². The van der Waals surface area contributed by atoms with Crippen LogP contribution in [0.5, 0.6) is 0 Å². The number of methoxy groups -OCH3 is 1. The number of fused-ring (bicyclic) bond motifs is 1. The summed E-state index contributed by atoms with van der Waals surface area (Å²) in [6.07, 6.45) is 1.46. The highest BCUT2D eigenvalue weighted by Crippen LogP contribution is 2.39. The number of carbonyl (C=O) groups is 4. The van der Waals surface area contributed by atoms with E-state index < -0.39 is 24.3 Å². The molecule has 0 saturated carbocycles. The largest absolute Gasteiger partial charge is 0.465 e. The zero-order valence-electron chi connectivity index (χ0n) is 35.9. The van der Waals surface area contributed by atoms with E-state index in [9.17, 15) is 24.3 Å². The molecule has 2 aliphatic heterocycles. The van der Waals surface area contributed by atoms with Gasteiger partial charge in [-0.2, -0.15) is 0 Å². The smallest absolute Gasteiger partial charge is 0.407 e. The van der Waals surface area contributed by atoms with E-state index in [0.717, 1.165) is 50.0 Å². The van der Waals surface area contributed by atoms with E-state index in [1.807, 2.05) is 52.0 Å². The Labute approximate surface area is 361 Å². The van der Waals surface area contributed by atoms with Crippen LogP contribution < -0.4 is 5.32 Å². The summed E-state index contributed by atoms with van der Waals surface area (Å²) in [4.78, 5) is 72.5. The zero-order valence-corrected chi connectivity index (χ0v) is 36.7. The maximum atomic E-state index is 13.8. The Morgan fingerprint density at radius 2 is 1.36 bits per heavy atom. The molecule has 2 fully saturated rings. The molecule has 0 bridgehead atoms. The van der Waals surface area contributed by atoms with Crippen LogP contribution in [0.15, 0.2) is 66.9 Å². The molecule has 0 spiro atoms. The second-order valence-corrected chi connectivity index (χ2v) is 17.8. The fourth-order valence-corrected chi connectivity index (χ4v) is 9.19. The van der Waals surface area contributed by atoms with E-state index in [1.54, 1.807) is 16.0 Å². The lowest BCUT2D eigenvalue weighted by molar-refractivity contribution is -0.138. The number of nitrogens with one attached hydrogen (secondary N) is 3. The fourth-order valence-electron chi connectivity index (χ4n) is 8.95. The minimum absolute atomic E-state index is 0.145. The number of likely N-dealkylation sites (tertiary alicyclic amines) is 2. The molecule has 4 heterocycles. The SMILES string of the molecule is COC(=O)N[C@H](C(=O)N1C[C@@H](C)C[C@H]1c1nc(-c2ccc(-c3ccc4cc(-c5cnc([C@@H]6C[C@H](C)CN6C(=O)[C@H](C(C)C)N(C)C(=O)O)[nH]5)ccc4c3)cc2)c(Cl)[nH]1)C(C)C. The maximum absolute atomic E-state index is 13.8.